The number of benzene rings is 1. The second kappa shape index (κ2) is 8.81. The molecule has 3 nitrogen and oxygen atoms in total. The van der Waals surface area contributed by atoms with Gasteiger partial charge in [-0.15, -0.1) is 0 Å². The third-order valence-electron chi connectivity index (χ3n) is 3.73. The Kier molecular flexibility index (Phi) is 7.34. The Labute approximate surface area is 117 Å². The van der Waals surface area contributed by atoms with Gasteiger partial charge in [0.05, 0.1) is 6.61 Å². The van der Waals surface area contributed by atoms with E-state index in [2.05, 4.69) is 55.3 Å². The second-order valence-electron chi connectivity index (χ2n) is 4.91. The highest BCUT2D eigenvalue weighted by Crippen LogP contribution is 2.18. The topological polar surface area (TPSA) is 35.5 Å². The van der Waals surface area contributed by atoms with E-state index in [0.29, 0.717) is 6.54 Å². The molecule has 0 aromatic heterocycles. The maximum Gasteiger partial charge on any atom is 0.0606 e. The number of nitrogens with zero attached hydrogens (tertiary/aromatic N) is 1. The van der Waals surface area contributed by atoms with Gasteiger partial charge >= 0.3 is 0 Å². The fraction of sp³-hybridized carbons (Fsp3) is 0.625. The highest BCUT2D eigenvalue weighted by Gasteiger charge is 2.05. The van der Waals surface area contributed by atoms with E-state index in [0.717, 1.165) is 19.0 Å². The highest BCUT2D eigenvalue weighted by atomic mass is 16.3. The highest BCUT2D eigenvalue weighted by molar-refractivity contribution is 5.55. The molecule has 108 valence electrons. The third kappa shape index (κ3) is 5.11. The number of likely N-dealkylation sites (N-methyl/N-ethyl adjacent to an activating group) is 1. The van der Waals surface area contributed by atoms with Crippen LogP contribution in [0.5, 0.6) is 0 Å². The van der Waals surface area contributed by atoms with Crippen molar-refractivity contribution in [3.8, 4) is 0 Å². The molecule has 2 N–H and O–H groups in total. The monoisotopic (exact) mass is 264 g/mol. The molecule has 1 rings (SSSR count). The van der Waals surface area contributed by atoms with Crippen molar-refractivity contribution in [3.63, 3.8) is 0 Å². The Bertz CT molecular complexity index is 333. The van der Waals surface area contributed by atoms with Crippen molar-refractivity contribution in [3.05, 3.63) is 24.3 Å². The van der Waals surface area contributed by atoms with Gasteiger partial charge in [-0.2, -0.15) is 0 Å². The summed E-state index contributed by atoms with van der Waals surface area (Å²) in [5, 5.41) is 12.5. The lowest BCUT2D eigenvalue weighted by molar-refractivity contribution is 0.302. The summed E-state index contributed by atoms with van der Waals surface area (Å²) in [6.07, 6.45) is 2.45. The van der Waals surface area contributed by atoms with Gasteiger partial charge in [0.2, 0.25) is 0 Å². The molecule has 0 aliphatic heterocycles. The minimum Gasteiger partial charge on any atom is -0.395 e. The van der Waals surface area contributed by atoms with Crippen LogP contribution in [0.1, 0.15) is 33.6 Å². The number of hydrogen-bond acceptors (Lipinski definition) is 3. The van der Waals surface area contributed by atoms with Crippen LogP contribution < -0.4 is 10.2 Å². The van der Waals surface area contributed by atoms with E-state index in [1.165, 1.54) is 24.2 Å². The first-order chi connectivity index (χ1) is 9.24. The molecule has 0 radical (unpaired) electrons. The SMILES string of the molecule is CCC(CC)CNc1ccc(N(CC)CCO)cc1. The summed E-state index contributed by atoms with van der Waals surface area (Å²) < 4.78 is 0. The fourth-order valence-electron chi connectivity index (χ4n) is 2.22. The van der Waals surface area contributed by atoms with Gasteiger partial charge in [0, 0.05) is 31.0 Å². The molecule has 0 unspecified atom stereocenters. The minimum atomic E-state index is 0.197. The Hall–Kier alpha value is -1.22. The summed E-state index contributed by atoms with van der Waals surface area (Å²) in [6, 6.07) is 8.48. The van der Waals surface area contributed by atoms with Crippen LogP contribution in [-0.2, 0) is 0 Å². The van der Waals surface area contributed by atoms with Crippen molar-refractivity contribution >= 4 is 11.4 Å². The van der Waals surface area contributed by atoms with E-state index in [9.17, 15) is 0 Å². The second-order valence-corrected chi connectivity index (χ2v) is 4.91. The number of hydrogen-bond donors (Lipinski definition) is 2. The average molecular weight is 264 g/mol. The molecule has 19 heavy (non-hydrogen) atoms. The number of aliphatic hydroxyl groups is 1. The van der Waals surface area contributed by atoms with Crippen molar-refractivity contribution in [1.82, 2.24) is 0 Å². The number of rotatable bonds is 9. The summed E-state index contributed by atoms with van der Waals surface area (Å²) in [7, 11) is 0. The third-order valence-corrected chi connectivity index (χ3v) is 3.73. The Balaban J connectivity index is 2.55. The van der Waals surface area contributed by atoms with Crippen LogP contribution in [-0.4, -0.2) is 31.3 Å². The van der Waals surface area contributed by atoms with Gasteiger partial charge < -0.3 is 15.3 Å². The van der Waals surface area contributed by atoms with E-state index in [1.54, 1.807) is 0 Å². The molecule has 0 bridgehead atoms. The molecule has 0 aliphatic carbocycles. The smallest absolute Gasteiger partial charge is 0.0606 e. The van der Waals surface area contributed by atoms with Crippen LogP contribution in [0.25, 0.3) is 0 Å². The molecule has 0 amide bonds. The summed E-state index contributed by atoms with van der Waals surface area (Å²) in [6.45, 7) is 9.44. The van der Waals surface area contributed by atoms with Crippen molar-refractivity contribution < 1.29 is 5.11 Å². The van der Waals surface area contributed by atoms with Gasteiger partial charge in [0.25, 0.3) is 0 Å². The first-order valence-electron chi connectivity index (χ1n) is 7.44. The molecule has 3 heteroatoms. The van der Waals surface area contributed by atoms with Gasteiger partial charge in [0.15, 0.2) is 0 Å². The van der Waals surface area contributed by atoms with Crippen molar-refractivity contribution in [2.75, 3.05) is 36.5 Å². The zero-order valence-electron chi connectivity index (χ0n) is 12.5. The van der Waals surface area contributed by atoms with Crippen LogP contribution in [0.15, 0.2) is 24.3 Å². The normalized spacial score (nSPS) is 10.8. The fourth-order valence-corrected chi connectivity index (χ4v) is 2.22. The largest absolute Gasteiger partial charge is 0.395 e. The molecule has 0 atom stereocenters. The van der Waals surface area contributed by atoms with Gasteiger partial charge in [-0.1, -0.05) is 26.7 Å². The van der Waals surface area contributed by atoms with Gasteiger partial charge in [-0.25, -0.2) is 0 Å². The maximum absolute atomic E-state index is 9.03. The van der Waals surface area contributed by atoms with Crippen molar-refractivity contribution in [2.24, 2.45) is 5.92 Å². The predicted molar refractivity (Wildman–Crippen MR) is 84.0 cm³/mol. The molecule has 0 saturated heterocycles. The molecule has 0 aliphatic rings. The molecular weight excluding hydrogens is 236 g/mol. The zero-order valence-corrected chi connectivity index (χ0v) is 12.5. The first kappa shape index (κ1) is 15.8. The Morgan fingerprint density at radius 1 is 1.11 bits per heavy atom. The first-order valence-corrected chi connectivity index (χ1v) is 7.44. The van der Waals surface area contributed by atoms with Crippen LogP contribution in [0.3, 0.4) is 0 Å². The Morgan fingerprint density at radius 3 is 2.21 bits per heavy atom. The van der Waals surface area contributed by atoms with Crippen molar-refractivity contribution in [1.29, 1.82) is 0 Å². The van der Waals surface area contributed by atoms with E-state index in [-0.39, 0.29) is 6.61 Å². The van der Waals surface area contributed by atoms with E-state index < -0.39 is 0 Å². The molecule has 0 fully saturated rings. The number of nitrogens with one attached hydrogen (secondary N) is 1. The summed E-state index contributed by atoms with van der Waals surface area (Å²) >= 11 is 0. The summed E-state index contributed by atoms with van der Waals surface area (Å²) in [4.78, 5) is 2.17. The molecule has 0 saturated carbocycles. The molecular formula is C16H28N2O. The standard InChI is InChI=1S/C16H28N2O/c1-4-14(5-2)13-17-15-7-9-16(10-8-15)18(6-3)11-12-19/h7-10,14,17,19H,4-6,11-13H2,1-3H3. The molecule has 0 spiro atoms. The molecule has 1 aromatic carbocycles. The predicted octanol–water partition coefficient (Wildman–Crippen LogP) is 3.35. The maximum atomic E-state index is 9.03. The van der Waals surface area contributed by atoms with E-state index in [4.69, 9.17) is 5.11 Å². The summed E-state index contributed by atoms with van der Waals surface area (Å²) in [5.41, 5.74) is 2.35. The number of aliphatic hydroxyl groups excluding tert-OH is 1. The lowest BCUT2D eigenvalue weighted by Gasteiger charge is -2.22. The van der Waals surface area contributed by atoms with Crippen LogP contribution in [0.4, 0.5) is 11.4 Å². The minimum absolute atomic E-state index is 0.197. The molecule has 1 aromatic rings. The number of anilines is 2. The summed E-state index contributed by atoms with van der Waals surface area (Å²) in [5.74, 6) is 0.751. The van der Waals surface area contributed by atoms with Crippen molar-refractivity contribution in [2.45, 2.75) is 33.6 Å². The van der Waals surface area contributed by atoms with Crippen LogP contribution in [0.2, 0.25) is 0 Å². The van der Waals surface area contributed by atoms with Crippen LogP contribution in [0, 0.1) is 5.92 Å². The lowest BCUT2D eigenvalue weighted by atomic mass is 10.0. The van der Waals surface area contributed by atoms with Gasteiger partial charge in [-0.05, 0) is 37.1 Å². The van der Waals surface area contributed by atoms with E-state index >= 15 is 0 Å². The van der Waals surface area contributed by atoms with E-state index in [1.807, 2.05) is 0 Å². The quantitative estimate of drug-likeness (QED) is 0.718. The Morgan fingerprint density at radius 2 is 1.74 bits per heavy atom. The zero-order chi connectivity index (χ0) is 14.1. The van der Waals surface area contributed by atoms with Gasteiger partial charge in [-0.3, -0.25) is 0 Å². The average Bonchev–Trinajstić information content (AvgIpc) is 2.46. The molecule has 0 heterocycles. The van der Waals surface area contributed by atoms with Gasteiger partial charge in [0.1, 0.15) is 0 Å². The lowest BCUT2D eigenvalue weighted by Crippen LogP contribution is -2.26. The van der Waals surface area contributed by atoms with Crippen LogP contribution >= 0.6 is 0 Å².